The molecule has 0 aromatic rings. The molecule has 2 unspecified atom stereocenters. The van der Waals surface area contributed by atoms with Crippen molar-refractivity contribution in [2.24, 2.45) is 0 Å². The Hall–Kier alpha value is -0.0800. The lowest BCUT2D eigenvalue weighted by atomic mass is 10.00. The maximum atomic E-state index is 3.74. The molecule has 2 fully saturated rings. The second kappa shape index (κ2) is 5.86. The van der Waals surface area contributed by atoms with Gasteiger partial charge >= 0.3 is 0 Å². The second-order valence-corrected chi connectivity index (χ2v) is 5.32. The van der Waals surface area contributed by atoms with Crippen LogP contribution < -0.4 is 10.6 Å². The van der Waals surface area contributed by atoms with Crippen LogP contribution in [0.15, 0.2) is 0 Å². The minimum atomic E-state index is 0.811. The van der Waals surface area contributed by atoms with Gasteiger partial charge in [-0.1, -0.05) is 26.2 Å². The Morgan fingerprint density at radius 3 is 2.47 bits per heavy atom. The highest BCUT2D eigenvalue weighted by molar-refractivity contribution is 4.94. The van der Waals surface area contributed by atoms with Gasteiger partial charge in [0.25, 0.3) is 0 Å². The summed E-state index contributed by atoms with van der Waals surface area (Å²) in [6.07, 6.45) is 11.1. The quantitative estimate of drug-likeness (QED) is 0.658. The highest BCUT2D eigenvalue weighted by Gasteiger charge is 2.32. The Balaban J connectivity index is 1.56. The molecule has 2 aliphatic heterocycles. The van der Waals surface area contributed by atoms with E-state index in [9.17, 15) is 0 Å². The van der Waals surface area contributed by atoms with Crippen LogP contribution in [-0.4, -0.2) is 24.7 Å². The van der Waals surface area contributed by atoms with Gasteiger partial charge in [-0.05, 0) is 38.6 Å². The van der Waals surface area contributed by atoms with Crippen molar-refractivity contribution in [3.8, 4) is 0 Å². The molecule has 2 atom stereocenters. The van der Waals surface area contributed by atoms with Crippen molar-refractivity contribution in [2.75, 3.05) is 6.54 Å². The van der Waals surface area contributed by atoms with E-state index >= 15 is 0 Å². The average Bonchev–Trinajstić information content (AvgIpc) is 2.58. The first kappa shape index (κ1) is 11.4. The van der Waals surface area contributed by atoms with Crippen molar-refractivity contribution in [3.05, 3.63) is 0 Å². The fraction of sp³-hybridized carbons (Fsp3) is 1.00. The summed E-state index contributed by atoms with van der Waals surface area (Å²) in [6, 6.07) is 2.47. The van der Waals surface area contributed by atoms with Gasteiger partial charge in [0.15, 0.2) is 0 Å². The Kier molecular flexibility index (Phi) is 4.45. The topological polar surface area (TPSA) is 24.1 Å². The van der Waals surface area contributed by atoms with Gasteiger partial charge in [-0.3, -0.25) is 0 Å². The van der Waals surface area contributed by atoms with E-state index in [2.05, 4.69) is 17.6 Å². The number of hydrogen-bond acceptors (Lipinski definition) is 2. The molecule has 0 spiro atoms. The Morgan fingerprint density at radius 1 is 1.07 bits per heavy atom. The molecule has 0 amide bonds. The van der Waals surface area contributed by atoms with Crippen LogP contribution in [0.2, 0.25) is 0 Å². The highest BCUT2D eigenvalue weighted by Crippen LogP contribution is 2.26. The molecular weight excluding hydrogens is 184 g/mol. The summed E-state index contributed by atoms with van der Waals surface area (Å²) in [5.41, 5.74) is 0. The highest BCUT2D eigenvalue weighted by atomic mass is 15.0. The molecule has 0 aliphatic carbocycles. The summed E-state index contributed by atoms with van der Waals surface area (Å²) in [5.74, 6) is 0. The molecule has 0 radical (unpaired) electrons. The van der Waals surface area contributed by atoms with Crippen LogP contribution in [-0.2, 0) is 0 Å². The summed E-state index contributed by atoms with van der Waals surface area (Å²) < 4.78 is 0. The first-order chi connectivity index (χ1) is 7.38. The van der Waals surface area contributed by atoms with Crippen LogP contribution in [0.3, 0.4) is 0 Å². The standard InChI is InChI=1S/C13H26N2/c1-2-3-4-5-8-14-13-9-11-6-7-12(10-13)15-11/h11-15H,2-10H2,1H3. The van der Waals surface area contributed by atoms with Crippen molar-refractivity contribution in [2.45, 2.75) is 76.4 Å². The molecule has 0 aromatic heterocycles. The third kappa shape index (κ3) is 3.46. The summed E-state index contributed by atoms with van der Waals surface area (Å²) in [4.78, 5) is 0. The summed E-state index contributed by atoms with van der Waals surface area (Å²) >= 11 is 0. The maximum Gasteiger partial charge on any atom is 0.00966 e. The fourth-order valence-electron chi connectivity index (χ4n) is 3.08. The number of rotatable bonds is 6. The molecule has 2 nitrogen and oxygen atoms in total. The Morgan fingerprint density at radius 2 is 1.80 bits per heavy atom. The second-order valence-electron chi connectivity index (χ2n) is 5.32. The number of fused-ring (bicyclic) bond motifs is 2. The van der Waals surface area contributed by atoms with Crippen LogP contribution in [0.4, 0.5) is 0 Å². The van der Waals surface area contributed by atoms with E-state index in [0.29, 0.717) is 0 Å². The van der Waals surface area contributed by atoms with E-state index in [1.165, 1.54) is 57.9 Å². The molecular formula is C13H26N2. The lowest BCUT2D eigenvalue weighted by Crippen LogP contribution is -2.46. The Bertz CT molecular complexity index is 169. The predicted molar refractivity (Wildman–Crippen MR) is 65.1 cm³/mol. The fourth-order valence-corrected chi connectivity index (χ4v) is 3.08. The Labute approximate surface area is 94.2 Å². The zero-order valence-corrected chi connectivity index (χ0v) is 10.1. The summed E-state index contributed by atoms with van der Waals surface area (Å²) in [5, 5.41) is 7.43. The molecule has 2 heteroatoms. The molecule has 2 saturated heterocycles. The van der Waals surface area contributed by atoms with E-state index < -0.39 is 0 Å². The SMILES string of the molecule is CCCCCCNC1CC2CCC(C1)N2. The first-order valence-corrected chi connectivity index (χ1v) is 6.88. The van der Waals surface area contributed by atoms with E-state index in [1.54, 1.807) is 0 Å². The van der Waals surface area contributed by atoms with Crippen LogP contribution in [0.1, 0.15) is 58.3 Å². The van der Waals surface area contributed by atoms with Gasteiger partial charge in [0.05, 0.1) is 0 Å². The van der Waals surface area contributed by atoms with Crippen molar-refractivity contribution < 1.29 is 0 Å². The summed E-state index contributed by atoms with van der Waals surface area (Å²) in [6.45, 7) is 3.52. The minimum Gasteiger partial charge on any atom is -0.314 e. The number of unbranched alkanes of at least 4 members (excludes halogenated alkanes) is 3. The van der Waals surface area contributed by atoms with E-state index in [4.69, 9.17) is 0 Å². The molecule has 15 heavy (non-hydrogen) atoms. The summed E-state index contributed by atoms with van der Waals surface area (Å²) in [7, 11) is 0. The van der Waals surface area contributed by atoms with Crippen LogP contribution in [0.5, 0.6) is 0 Å². The van der Waals surface area contributed by atoms with Crippen molar-refractivity contribution in [1.82, 2.24) is 10.6 Å². The van der Waals surface area contributed by atoms with Crippen LogP contribution in [0.25, 0.3) is 0 Å². The molecule has 2 aliphatic rings. The largest absolute Gasteiger partial charge is 0.314 e. The first-order valence-electron chi connectivity index (χ1n) is 6.88. The van der Waals surface area contributed by atoms with Gasteiger partial charge in [0.1, 0.15) is 0 Å². The lowest BCUT2D eigenvalue weighted by Gasteiger charge is -2.29. The van der Waals surface area contributed by atoms with Crippen LogP contribution >= 0.6 is 0 Å². The molecule has 2 heterocycles. The average molecular weight is 210 g/mol. The maximum absolute atomic E-state index is 3.74. The van der Waals surface area contributed by atoms with E-state index in [-0.39, 0.29) is 0 Å². The monoisotopic (exact) mass is 210 g/mol. The lowest BCUT2D eigenvalue weighted by molar-refractivity contribution is 0.316. The van der Waals surface area contributed by atoms with Crippen molar-refractivity contribution in [3.63, 3.8) is 0 Å². The van der Waals surface area contributed by atoms with E-state index in [0.717, 1.165) is 18.1 Å². The molecule has 0 saturated carbocycles. The van der Waals surface area contributed by atoms with Gasteiger partial charge < -0.3 is 10.6 Å². The van der Waals surface area contributed by atoms with Crippen molar-refractivity contribution in [1.29, 1.82) is 0 Å². The zero-order valence-electron chi connectivity index (χ0n) is 10.1. The third-order valence-electron chi connectivity index (χ3n) is 3.94. The molecule has 2 bridgehead atoms. The number of piperidine rings is 1. The molecule has 2 rings (SSSR count). The number of nitrogens with one attached hydrogen (secondary N) is 2. The van der Waals surface area contributed by atoms with Crippen LogP contribution in [0, 0.1) is 0 Å². The van der Waals surface area contributed by atoms with Gasteiger partial charge in [-0.15, -0.1) is 0 Å². The third-order valence-corrected chi connectivity index (χ3v) is 3.94. The number of hydrogen-bond donors (Lipinski definition) is 2. The van der Waals surface area contributed by atoms with Gasteiger partial charge in [-0.2, -0.15) is 0 Å². The zero-order chi connectivity index (χ0) is 10.5. The minimum absolute atomic E-state index is 0.811. The molecule has 0 aromatic carbocycles. The molecule has 88 valence electrons. The normalized spacial score (nSPS) is 34.6. The van der Waals surface area contributed by atoms with Crippen molar-refractivity contribution >= 4 is 0 Å². The van der Waals surface area contributed by atoms with Gasteiger partial charge in [0.2, 0.25) is 0 Å². The van der Waals surface area contributed by atoms with Gasteiger partial charge in [0, 0.05) is 18.1 Å². The van der Waals surface area contributed by atoms with Gasteiger partial charge in [-0.25, -0.2) is 0 Å². The van der Waals surface area contributed by atoms with E-state index in [1.807, 2.05) is 0 Å². The molecule has 2 N–H and O–H groups in total. The predicted octanol–water partition coefficient (Wildman–Crippen LogP) is 2.44. The smallest absolute Gasteiger partial charge is 0.00966 e.